The zero-order valence-electron chi connectivity index (χ0n) is 17.7. The van der Waals surface area contributed by atoms with Gasteiger partial charge in [0.25, 0.3) is 0 Å². The molecule has 5 rings (SSSR count). The third kappa shape index (κ3) is 4.14. The zero-order chi connectivity index (χ0) is 22.8. The van der Waals surface area contributed by atoms with Crippen LogP contribution in [-0.2, 0) is 10.2 Å². The lowest BCUT2D eigenvalue weighted by atomic mass is 9.94. The third-order valence-electron chi connectivity index (χ3n) is 5.65. The minimum Gasteiger partial charge on any atom is -0.464 e. The van der Waals surface area contributed by atoms with Crippen LogP contribution >= 0.6 is 11.6 Å². The van der Waals surface area contributed by atoms with Crippen LogP contribution in [-0.4, -0.2) is 43.1 Å². The number of H-pyrrole nitrogens is 1. The highest BCUT2D eigenvalue weighted by Crippen LogP contribution is 2.49. The predicted molar refractivity (Wildman–Crippen MR) is 123 cm³/mol. The minimum atomic E-state index is -0.555. The SMILES string of the molecule is CCOc1ncc(-c2ccc(NC(=O)C3(c4cccc(Cl)c4)CC3)cc2-c2nnn[nH]2)cn1. The molecule has 2 heterocycles. The lowest BCUT2D eigenvalue weighted by Gasteiger charge is -2.17. The van der Waals surface area contributed by atoms with Crippen LogP contribution < -0.4 is 10.1 Å². The normalized spacial score (nSPS) is 14.0. The van der Waals surface area contributed by atoms with Crippen molar-refractivity contribution in [1.29, 1.82) is 0 Å². The summed E-state index contributed by atoms with van der Waals surface area (Å²) in [6, 6.07) is 13.3. The van der Waals surface area contributed by atoms with Crippen LogP contribution in [0.4, 0.5) is 5.69 Å². The number of amides is 1. The summed E-state index contributed by atoms with van der Waals surface area (Å²) in [5, 5.41) is 17.9. The summed E-state index contributed by atoms with van der Waals surface area (Å²) in [7, 11) is 0. The van der Waals surface area contributed by atoms with E-state index in [9.17, 15) is 4.79 Å². The molecule has 166 valence electrons. The minimum absolute atomic E-state index is 0.0661. The van der Waals surface area contributed by atoms with Crippen molar-refractivity contribution < 1.29 is 9.53 Å². The number of nitrogens with one attached hydrogen (secondary N) is 2. The van der Waals surface area contributed by atoms with Gasteiger partial charge in [-0.2, -0.15) is 0 Å². The van der Waals surface area contributed by atoms with E-state index in [1.54, 1.807) is 18.5 Å². The first-order valence-electron chi connectivity index (χ1n) is 10.5. The van der Waals surface area contributed by atoms with Gasteiger partial charge in [-0.1, -0.05) is 29.8 Å². The summed E-state index contributed by atoms with van der Waals surface area (Å²) in [4.78, 5) is 21.7. The van der Waals surface area contributed by atoms with Gasteiger partial charge in [0.15, 0.2) is 5.82 Å². The summed E-state index contributed by atoms with van der Waals surface area (Å²) in [6.45, 7) is 2.36. The van der Waals surface area contributed by atoms with E-state index in [1.165, 1.54) is 0 Å². The average Bonchev–Trinajstić information content (AvgIpc) is 3.47. The number of rotatable bonds is 7. The van der Waals surface area contributed by atoms with Gasteiger partial charge in [-0.3, -0.25) is 4.79 Å². The highest BCUT2D eigenvalue weighted by molar-refractivity contribution is 6.30. The molecule has 0 unspecified atom stereocenters. The van der Waals surface area contributed by atoms with Gasteiger partial charge in [-0.15, -0.1) is 5.10 Å². The topological polar surface area (TPSA) is 119 Å². The molecule has 1 fully saturated rings. The molecule has 33 heavy (non-hydrogen) atoms. The van der Waals surface area contributed by atoms with Crippen LogP contribution in [0.2, 0.25) is 5.02 Å². The lowest BCUT2D eigenvalue weighted by Crippen LogP contribution is -2.27. The van der Waals surface area contributed by atoms with Gasteiger partial charge in [-0.05, 0) is 65.6 Å². The van der Waals surface area contributed by atoms with Gasteiger partial charge >= 0.3 is 6.01 Å². The van der Waals surface area contributed by atoms with Crippen molar-refractivity contribution in [3.05, 3.63) is 65.4 Å². The van der Waals surface area contributed by atoms with E-state index in [4.69, 9.17) is 16.3 Å². The van der Waals surface area contributed by atoms with Crippen LogP contribution in [0.5, 0.6) is 6.01 Å². The molecule has 9 nitrogen and oxygen atoms in total. The number of benzene rings is 2. The molecule has 2 N–H and O–H groups in total. The second-order valence-corrected chi connectivity index (χ2v) is 8.18. The molecular formula is C23H20ClN7O2. The van der Waals surface area contributed by atoms with Gasteiger partial charge in [0.1, 0.15) is 0 Å². The van der Waals surface area contributed by atoms with Crippen molar-refractivity contribution in [3.63, 3.8) is 0 Å². The molecule has 10 heteroatoms. The Kier molecular flexibility index (Phi) is 5.47. The Bertz CT molecular complexity index is 1290. The second kappa shape index (κ2) is 8.59. The first-order chi connectivity index (χ1) is 16.1. The van der Waals surface area contributed by atoms with E-state index in [-0.39, 0.29) is 5.91 Å². The summed E-state index contributed by atoms with van der Waals surface area (Å²) in [5.74, 6) is 0.398. The van der Waals surface area contributed by atoms with Crippen LogP contribution in [0.25, 0.3) is 22.5 Å². The summed E-state index contributed by atoms with van der Waals surface area (Å²) in [5.41, 5.74) is 3.29. The maximum atomic E-state index is 13.2. The Labute approximate surface area is 194 Å². The Balaban J connectivity index is 1.46. The van der Waals surface area contributed by atoms with E-state index in [0.717, 1.165) is 29.5 Å². The predicted octanol–water partition coefficient (Wildman–Crippen LogP) is 4.05. The first-order valence-corrected chi connectivity index (χ1v) is 10.9. The highest BCUT2D eigenvalue weighted by atomic mass is 35.5. The number of aromatic nitrogens is 6. The summed E-state index contributed by atoms with van der Waals surface area (Å²) in [6.07, 6.45) is 4.91. The zero-order valence-corrected chi connectivity index (χ0v) is 18.5. The smallest absolute Gasteiger partial charge is 0.316 e. The molecule has 0 spiro atoms. The maximum Gasteiger partial charge on any atom is 0.316 e. The molecule has 1 saturated carbocycles. The van der Waals surface area contributed by atoms with Crippen molar-refractivity contribution in [2.75, 3.05) is 11.9 Å². The van der Waals surface area contributed by atoms with Gasteiger partial charge in [0.05, 0.1) is 12.0 Å². The Morgan fingerprint density at radius 1 is 1.15 bits per heavy atom. The molecule has 0 radical (unpaired) electrons. The molecule has 1 aliphatic carbocycles. The van der Waals surface area contributed by atoms with Crippen LogP contribution in [0.1, 0.15) is 25.3 Å². The molecular weight excluding hydrogens is 442 g/mol. The van der Waals surface area contributed by atoms with E-state index >= 15 is 0 Å². The van der Waals surface area contributed by atoms with Crippen molar-refractivity contribution in [2.24, 2.45) is 0 Å². The Hall–Kier alpha value is -3.85. The number of anilines is 1. The summed E-state index contributed by atoms with van der Waals surface area (Å²) < 4.78 is 5.33. The van der Waals surface area contributed by atoms with Gasteiger partial charge in [0, 0.05) is 34.2 Å². The van der Waals surface area contributed by atoms with Crippen molar-refractivity contribution in [3.8, 4) is 28.5 Å². The molecule has 0 bridgehead atoms. The van der Waals surface area contributed by atoms with E-state index in [2.05, 4.69) is 35.9 Å². The number of nitrogens with zero attached hydrogens (tertiary/aromatic N) is 5. The van der Waals surface area contributed by atoms with Crippen LogP contribution in [0, 0.1) is 0 Å². The van der Waals surface area contributed by atoms with Crippen molar-refractivity contribution >= 4 is 23.2 Å². The number of hydrogen-bond acceptors (Lipinski definition) is 7. The summed E-state index contributed by atoms with van der Waals surface area (Å²) >= 11 is 6.15. The first kappa shape index (κ1) is 21.0. The number of carbonyl (C=O) groups is 1. The number of carbonyl (C=O) groups excluding carboxylic acids is 1. The quantitative estimate of drug-likeness (QED) is 0.426. The molecule has 4 aromatic rings. The van der Waals surface area contributed by atoms with Crippen molar-refractivity contribution in [2.45, 2.75) is 25.2 Å². The van der Waals surface area contributed by atoms with E-state index < -0.39 is 5.41 Å². The number of halogens is 1. The Morgan fingerprint density at radius 3 is 2.64 bits per heavy atom. The highest BCUT2D eigenvalue weighted by Gasteiger charge is 2.51. The monoisotopic (exact) mass is 461 g/mol. The third-order valence-corrected chi connectivity index (χ3v) is 5.89. The van der Waals surface area contributed by atoms with Gasteiger partial charge in [0.2, 0.25) is 5.91 Å². The van der Waals surface area contributed by atoms with E-state index in [0.29, 0.717) is 34.7 Å². The second-order valence-electron chi connectivity index (χ2n) is 7.74. The largest absolute Gasteiger partial charge is 0.464 e. The number of hydrogen-bond donors (Lipinski definition) is 2. The maximum absolute atomic E-state index is 13.2. The van der Waals surface area contributed by atoms with Crippen LogP contribution in [0.3, 0.4) is 0 Å². The molecule has 0 saturated heterocycles. The average molecular weight is 462 g/mol. The molecule has 0 atom stereocenters. The van der Waals surface area contributed by atoms with Crippen LogP contribution in [0.15, 0.2) is 54.9 Å². The van der Waals surface area contributed by atoms with Gasteiger partial charge in [-0.25, -0.2) is 15.1 Å². The lowest BCUT2D eigenvalue weighted by molar-refractivity contribution is -0.118. The molecule has 0 aliphatic heterocycles. The number of tetrazole rings is 1. The molecule has 2 aromatic carbocycles. The molecule has 2 aromatic heterocycles. The fraction of sp³-hybridized carbons (Fsp3) is 0.217. The molecule has 1 aliphatic rings. The number of aromatic amines is 1. The number of ether oxygens (including phenoxy) is 1. The fourth-order valence-corrected chi connectivity index (χ4v) is 4.00. The fourth-order valence-electron chi connectivity index (χ4n) is 3.81. The van der Waals surface area contributed by atoms with Gasteiger partial charge < -0.3 is 10.1 Å². The standard InChI is InChI=1S/C23H20ClN7O2/c1-2-33-22-25-12-14(13-26-22)18-7-6-17(11-19(18)20-28-30-31-29-20)27-21(32)23(8-9-23)15-4-3-5-16(24)10-15/h3-7,10-13H,2,8-9H2,1H3,(H,27,32)(H,28,29,30,31). The van der Waals surface area contributed by atoms with Crippen molar-refractivity contribution in [1.82, 2.24) is 30.6 Å². The van der Waals surface area contributed by atoms with E-state index in [1.807, 2.05) is 43.3 Å². The Morgan fingerprint density at radius 2 is 1.97 bits per heavy atom. The molecule has 1 amide bonds.